The van der Waals surface area contributed by atoms with Crippen LogP contribution in [0, 0.1) is 0 Å². The van der Waals surface area contributed by atoms with E-state index < -0.39 is 5.97 Å². The molecule has 5 nitrogen and oxygen atoms in total. The minimum absolute atomic E-state index is 0.000368. The smallest absolute Gasteiger partial charge is 0.356 e. The Hall–Kier alpha value is -2.69. The fraction of sp³-hybridized carbons (Fsp3) is 0.235. The zero-order valence-electron chi connectivity index (χ0n) is 12.7. The first-order valence-electron chi connectivity index (χ1n) is 7.03. The van der Waals surface area contributed by atoms with Gasteiger partial charge in [0.05, 0.1) is 23.7 Å². The Balaban J connectivity index is 2.17. The molecule has 0 spiro atoms. The summed E-state index contributed by atoms with van der Waals surface area (Å²) in [6, 6.07) is 8.05. The van der Waals surface area contributed by atoms with E-state index in [2.05, 4.69) is 42.9 Å². The summed E-state index contributed by atoms with van der Waals surface area (Å²) >= 11 is 0. The van der Waals surface area contributed by atoms with Gasteiger partial charge in [0.1, 0.15) is 0 Å². The van der Waals surface area contributed by atoms with E-state index in [9.17, 15) is 9.90 Å². The number of imidazole rings is 1. The Morgan fingerprint density at radius 3 is 2.45 bits per heavy atom. The van der Waals surface area contributed by atoms with Crippen molar-refractivity contribution in [1.82, 2.24) is 14.4 Å². The van der Waals surface area contributed by atoms with E-state index in [1.807, 2.05) is 12.1 Å². The molecule has 0 saturated carbocycles. The second-order valence-electron chi connectivity index (χ2n) is 6.29. The number of carbonyl (C=O) groups is 1. The van der Waals surface area contributed by atoms with Crippen LogP contribution in [0.3, 0.4) is 0 Å². The first-order chi connectivity index (χ1) is 10.4. The summed E-state index contributed by atoms with van der Waals surface area (Å²) in [5, 5.41) is 9.21. The highest BCUT2D eigenvalue weighted by Crippen LogP contribution is 2.27. The fourth-order valence-electron chi connectivity index (χ4n) is 2.37. The van der Waals surface area contributed by atoms with Gasteiger partial charge in [-0.05, 0) is 11.0 Å². The summed E-state index contributed by atoms with van der Waals surface area (Å²) in [5.74, 6) is -1.05. The largest absolute Gasteiger partial charge is 0.476 e. The highest BCUT2D eigenvalue weighted by Gasteiger charge is 2.16. The molecule has 3 aromatic rings. The van der Waals surface area contributed by atoms with Gasteiger partial charge < -0.3 is 9.51 Å². The molecule has 2 aromatic heterocycles. The van der Waals surface area contributed by atoms with Crippen LogP contribution < -0.4 is 0 Å². The molecule has 0 saturated heterocycles. The number of hydrogen-bond donors (Lipinski definition) is 1. The Morgan fingerprint density at radius 2 is 1.86 bits per heavy atom. The lowest BCUT2D eigenvalue weighted by atomic mass is 9.86. The average Bonchev–Trinajstić information content (AvgIpc) is 2.93. The molecule has 1 N–H and O–H groups in total. The average molecular weight is 295 g/mol. The van der Waals surface area contributed by atoms with Crippen molar-refractivity contribution in [3.8, 4) is 11.3 Å². The van der Waals surface area contributed by atoms with Crippen molar-refractivity contribution < 1.29 is 9.90 Å². The maximum atomic E-state index is 11.2. The third-order valence-corrected chi connectivity index (χ3v) is 3.65. The van der Waals surface area contributed by atoms with Gasteiger partial charge >= 0.3 is 5.97 Å². The zero-order valence-corrected chi connectivity index (χ0v) is 12.7. The van der Waals surface area contributed by atoms with E-state index in [0.717, 1.165) is 11.1 Å². The van der Waals surface area contributed by atoms with Gasteiger partial charge in [0, 0.05) is 11.8 Å². The molecule has 0 bridgehead atoms. The van der Waals surface area contributed by atoms with Crippen molar-refractivity contribution in [2.45, 2.75) is 26.2 Å². The molecule has 0 atom stereocenters. The maximum absolute atomic E-state index is 11.2. The van der Waals surface area contributed by atoms with Crippen molar-refractivity contribution in [2.24, 2.45) is 0 Å². The number of rotatable bonds is 2. The van der Waals surface area contributed by atoms with E-state index in [1.165, 1.54) is 11.8 Å². The predicted molar refractivity (Wildman–Crippen MR) is 84.1 cm³/mol. The Bertz CT molecular complexity index is 842. The number of aromatic nitrogens is 3. The van der Waals surface area contributed by atoms with Gasteiger partial charge in [-0.2, -0.15) is 0 Å². The number of fused-ring (bicyclic) bond motifs is 1. The van der Waals surface area contributed by atoms with E-state index in [1.54, 1.807) is 16.9 Å². The second-order valence-corrected chi connectivity index (χ2v) is 6.29. The summed E-state index contributed by atoms with van der Waals surface area (Å²) in [5.41, 5.74) is 3.57. The standard InChI is InChI=1S/C17H17N3O2/c1-17(2,3)12-6-4-11(5-7-12)15-14-8-18-10-20(14)9-13(19-15)16(21)22/h4-10H,1-3H3,(H,21,22). The lowest BCUT2D eigenvalue weighted by molar-refractivity contribution is 0.0690. The summed E-state index contributed by atoms with van der Waals surface area (Å²) in [7, 11) is 0. The van der Waals surface area contributed by atoms with Crippen molar-refractivity contribution >= 4 is 11.5 Å². The zero-order chi connectivity index (χ0) is 15.9. The molecular weight excluding hydrogens is 278 g/mol. The molecule has 0 aliphatic heterocycles. The van der Waals surface area contributed by atoms with Crippen LogP contribution in [0.25, 0.3) is 16.8 Å². The van der Waals surface area contributed by atoms with Crippen LogP contribution in [-0.4, -0.2) is 25.4 Å². The summed E-state index contributed by atoms with van der Waals surface area (Å²) in [6.45, 7) is 6.46. The molecule has 0 amide bonds. The van der Waals surface area contributed by atoms with Crippen LogP contribution >= 0.6 is 0 Å². The summed E-state index contributed by atoms with van der Waals surface area (Å²) in [6.07, 6.45) is 4.74. The number of aromatic carboxylic acids is 1. The Kier molecular flexibility index (Phi) is 3.20. The molecule has 3 rings (SSSR count). The minimum atomic E-state index is -1.05. The lowest BCUT2D eigenvalue weighted by Gasteiger charge is -2.19. The molecule has 22 heavy (non-hydrogen) atoms. The monoisotopic (exact) mass is 295 g/mol. The van der Waals surface area contributed by atoms with E-state index >= 15 is 0 Å². The van der Waals surface area contributed by atoms with E-state index in [0.29, 0.717) is 5.69 Å². The van der Waals surface area contributed by atoms with Crippen LogP contribution in [0.2, 0.25) is 0 Å². The fourth-order valence-corrected chi connectivity index (χ4v) is 2.37. The third kappa shape index (κ3) is 2.45. The van der Waals surface area contributed by atoms with Gasteiger partial charge in [0.15, 0.2) is 5.69 Å². The number of nitrogens with zero attached hydrogens (tertiary/aromatic N) is 3. The third-order valence-electron chi connectivity index (χ3n) is 3.65. The molecule has 5 heteroatoms. The highest BCUT2D eigenvalue weighted by atomic mass is 16.4. The Labute approximate surface area is 128 Å². The minimum Gasteiger partial charge on any atom is -0.476 e. The van der Waals surface area contributed by atoms with Gasteiger partial charge in [0.25, 0.3) is 0 Å². The van der Waals surface area contributed by atoms with Crippen LogP contribution in [0.4, 0.5) is 0 Å². The SMILES string of the molecule is CC(C)(C)c1ccc(-c2nc(C(=O)O)cn3cncc23)cc1. The molecule has 0 unspecified atom stereocenters. The number of hydrogen-bond acceptors (Lipinski definition) is 3. The quantitative estimate of drug-likeness (QED) is 0.787. The van der Waals surface area contributed by atoms with Crippen LogP contribution in [-0.2, 0) is 5.41 Å². The summed E-state index contributed by atoms with van der Waals surface area (Å²) in [4.78, 5) is 19.6. The van der Waals surface area contributed by atoms with Gasteiger partial charge in [-0.15, -0.1) is 0 Å². The molecule has 1 aromatic carbocycles. The van der Waals surface area contributed by atoms with E-state index in [4.69, 9.17) is 0 Å². The van der Waals surface area contributed by atoms with E-state index in [-0.39, 0.29) is 11.1 Å². The number of carboxylic acid groups (broad SMARTS) is 1. The highest BCUT2D eigenvalue weighted by molar-refractivity contribution is 5.88. The maximum Gasteiger partial charge on any atom is 0.356 e. The van der Waals surface area contributed by atoms with Crippen molar-refractivity contribution in [1.29, 1.82) is 0 Å². The Morgan fingerprint density at radius 1 is 1.18 bits per heavy atom. The van der Waals surface area contributed by atoms with Crippen molar-refractivity contribution in [3.05, 3.63) is 54.2 Å². The molecule has 0 radical (unpaired) electrons. The molecular formula is C17H17N3O2. The molecule has 0 aliphatic carbocycles. The lowest BCUT2D eigenvalue weighted by Crippen LogP contribution is -2.10. The topological polar surface area (TPSA) is 67.5 Å². The predicted octanol–water partition coefficient (Wildman–Crippen LogP) is 3.39. The number of benzene rings is 1. The van der Waals surface area contributed by atoms with Crippen LogP contribution in [0.5, 0.6) is 0 Å². The normalized spacial score (nSPS) is 11.8. The summed E-state index contributed by atoms with van der Waals surface area (Å²) < 4.78 is 1.68. The molecule has 112 valence electrons. The first kappa shape index (κ1) is 14.3. The van der Waals surface area contributed by atoms with Crippen molar-refractivity contribution in [2.75, 3.05) is 0 Å². The van der Waals surface area contributed by atoms with Crippen molar-refractivity contribution in [3.63, 3.8) is 0 Å². The van der Waals surface area contributed by atoms with Gasteiger partial charge in [-0.25, -0.2) is 14.8 Å². The molecule has 2 heterocycles. The van der Waals surface area contributed by atoms with Gasteiger partial charge in [0.2, 0.25) is 0 Å². The van der Waals surface area contributed by atoms with Gasteiger partial charge in [-0.1, -0.05) is 45.0 Å². The molecule has 0 fully saturated rings. The number of carboxylic acids is 1. The van der Waals surface area contributed by atoms with Crippen LogP contribution in [0.1, 0.15) is 36.8 Å². The van der Waals surface area contributed by atoms with Crippen LogP contribution in [0.15, 0.2) is 43.0 Å². The first-order valence-corrected chi connectivity index (χ1v) is 7.03. The van der Waals surface area contributed by atoms with Gasteiger partial charge in [-0.3, -0.25) is 0 Å². The second kappa shape index (κ2) is 4.94. The molecule has 0 aliphatic rings.